The summed E-state index contributed by atoms with van der Waals surface area (Å²) in [6.07, 6.45) is -5.71. The van der Waals surface area contributed by atoms with Crippen LogP contribution >= 0.6 is 0 Å². The number of sulfone groups is 1. The van der Waals surface area contributed by atoms with Crippen LogP contribution in [0.15, 0.2) is 0 Å². The van der Waals surface area contributed by atoms with Gasteiger partial charge in [-0.15, -0.1) is 0 Å². The number of hydrogen-bond acceptors (Lipinski definition) is 20. The Morgan fingerprint density at radius 1 is 0.484 bits per heavy atom. The van der Waals surface area contributed by atoms with Crippen LogP contribution in [-0.4, -0.2) is 142 Å². The van der Waals surface area contributed by atoms with Crippen molar-refractivity contribution in [3.8, 4) is 0 Å². The van der Waals surface area contributed by atoms with Crippen LogP contribution in [0.25, 0.3) is 0 Å². The Balaban J connectivity index is 2.52. The Kier molecular flexibility index (Phi) is 23.3. The molecule has 2 saturated heterocycles. The molecule has 2 unspecified atom stereocenters. The molecule has 0 spiro atoms. The van der Waals surface area contributed by atoms with Crippen LogP contribution in [0.4, 0.5) is 0 Å². The first-order valence-electron chi connectivity index (χ1n) is 20.7. The molecule has 0 aliphatic carbocycles. The summed E-state index contributed by atoms with van der Waals surface area (Å²) in [6.45, 7) is 7.83. The predicted octanol–water partition coefficient (Wildman–Crippen LogP) is 2.06. The van der Waals surface area contributed by atoms with E-state index in [4.69, 9.17) is 47.4 Å². The number of amides is 1. The summed E-state index contributed by atoms with van der Waals surface area (Å²) in [7, 11) is -4.78. The van der Waals surface area contributed by atoms with E-state index in [1.54, 1.807) is 0 Å². The van der Waals surface area contributed by atoms with Gasteiger partial charge < -0.3 is 52.7 Å². The van der Waals surface area contributed by atoms with Crippen LogP contribution in [0.5, 0.6) is 0 Å². The fraction of sp³-hybridized carbons (Fsp3) is 0.800. The lowest BCUT2D eigenvalue weighted by Crippen LogP contribution is -2.68. The van der Waals surface area contributed by atoms with Crippen LogP contribution in [0.3, 0.4) is 0 Å². The number of rotatable bonds is 25. The number of carbonyl (C=O) groups is 8. The predicted molar refractivity (Wildman–Crippen MR) is 212 cm³/mol. The molecule has 22 heteroatoms. The number of hydrogen-bond donors (Lipinski definition) is 1. The summed E-state index contributed by atoms with van der Waals surface area (Å²) in [5, 5.41) is 2.57. The van der Waals surface area contributed by atoms with Crippen LogP contribution in [0.2, 0.25) is 0 Å². The first-order chi connectivity index (χ1) is 29.2. The number of carbonyl (C=O) groups excluding carboxylic acids is 8. The molecule has 2 fully saturated rings. The molecule has 1 N–H and O–H groups in total. The fourth-order valence-electron chi connectivity index (χ4n) is 6.92. The molecule has 62 heavy (non-hydrogen) atoms. The number of unbranched alkanes of at least 4 members (excludes halogenated alkanes) is 9. The van der Waals surface area contributed by atoms with Crippen molar-refractivity contribution >= 4 is 57.5 Å². The Morgan fingerprint density at radius 2 is 0.887 bits per heavy atom. The van der Waals surface area contributed by atoms with Crippen LogP contribution < -0.4 is 5.32 Å². The van der Waals surface area contributed by atoms with Crippen LogP contribution in [0, 0.1) is 0 Å². The minimum atomic E-state index is -4.78. The molecule has 10 atom stereocenters. The van der Waals surface area contributed by atoms with Crippen LogP contribution in [0.1, 0.15) is 120 Å². The van der Waals surface area contributed by atoms with Crippen molar-refractivity contribution < 1.29 is 94.1 Å². The molecule has 0 aromatic carbocycles. The van der Waals surface area contributed by atoms with Crippen molar-refractivity contribution in [3.63, 3.8) is 0 Å². The molecular weight excluding hydrogens is 846 g/mol. The summed E-state index contributed by atoms with van der Waals surface area (Å²) >= 11 is 0. The third-order valence-electron chi connectivity index (χ3n) is 9.42. The topological polar surface area (TPSA) is 275 Å². The second-order valence-corrected chi connectivity index (χ2v) is 17.1. The normalized spacial score (nSPS) is 25.9. The van der Waals surface area contributed by atoms with E-state index in [0.717, 1.165) is 80.6 Å². The van der Waals surface area contributed by atoms with E-state index in [0.29, 0.717) is 6.42 Å². The Labute approximate surface area is 362 Å². The smallest absolute Gasteiger partial charge is 0.303 e. The van der Waals surface area contributed by atoms with E-state index in [1.165, 1.54) is 25.7 Å². The largest absolute Gasteiger partial charge is 0.463 e. The highest BCUT2D eigenvalue weighted by molar-refractivity contribution is 7.92. The van der Waals surface area contributed by atoms with Crippen molar-refractivity contribution in [2.45, 2.75) is 180 Å². The molecular formula is C40H63NO20S. The van der Waals surface area contributed by atoms with Gasteiger partial charge in [-0.1, -0.05) is 64.7 Å². The minimum absolute atomic E-state index is 0.181. The van der Waals surface area contributed by atoms with Gasteiger partial charge in [-0.05, 0) is 6.42 Å². The minimum Gasteiger partial charge on any atom is -0.463 e. The molecule has 354 valence electrons. The third-order valence-corrected chi connectivity index (χ3v) is 11.2. The van der Waals surface area contributed by atoms with Crippen molar-refractivity contribution in [2.75, 3.05) is 25.5 Å². The van der Waals surface area contributed by atoms with Gasteiger partial charge in [0.15, 0.2) is 52.1 Å². The van der Waals surface area contributed by atoms with E-state index < -0.39 is 137 Å². The van der Waals surface area contributed by atoms with Gasteiger partial charge in [0.1, 0.15) is 37.3 Å². The van der Waals surface area contributed by atoms with Gasteiger partial charge in [0.05, 0.1) is 0 Å². The van der Waals surface area contributed by atoms with Crippen molar-refractivity contribution in [3.05, 3.63) is 0 Å². The summed E-state index contributed by atoms with van der Waals surface area (Å²) in [6, 6.07) is 0. The zero-order valence-electron chi connectivity index (χ0n) is 36.7. The van der Waals surface area contributed by atoms with Crippen molar-refractivity contribution in [1.29, 1.82) is 0 Å². The van der Waals surface area contributed by atoms with Crippen molar-refractivity contribution in [1.82, 2.24) is 5.32 Å². The lowest BCUT2D eigenvalue weighted by molar-refractivity contribution is -0.341. The SMILES string of the molecule is CCCCCCCCCCCCNC(=O)CS(=O)(=O)[C@@H]1O[C@H](COC(C)=O)[C@@H](O[C@@H]2O[C@H](COC(C)=O)[C@H](OC(C)=O)C(OC(C)=O)C2OC(C)=O)[C@H](OC(C)=O)[C@H]1OC(C)=O. The first-order valence-corrected chi connectivity index (χ1v) is 22.5. The molecule has 0 saturated carbocycles. The zero-order valence-corrected chi connectivity index (χ0v) is 37.6. The zero-order chi connectivity index (χ0) is 46.6. The third kappa shape index (κ3) is 18.9. The molecule has 2 heterocycles. The van der Waals surface area contributed by atoms with Gasteiger partial charge in [0.2, 0.25) is 5.91 Å². The molecule has 1 amide bonds. The first kappa shape index (κ1) is 53.7. The van der Waals surface area contributed by atoms with Crippen molar-refractivity contribution in [2.24, 2.45) is 0 Å². The molecule has 2 aliphatic heterocycles. The van der Waals surface area contributed by atoms with Gasteiger partial charge in [-0.3, -0.25) is 38.4 Å². The molecule has 0 radical (unpaired) electrons. The monoisotopic (exact) mass is 909 g/mol. The molecule has 0 bridgehead atoms. The molecule has 0 aromatic rings. The second-order valence-electron chi connectivity index (χ2n) is 15.0. The maximum atomic E-state index is 14.0. The van der Waals surface area contributed by atoms with Gasteiger partial charge in [-0.2, -0.15) is 0 Å². The molecule has 2 aliphatic rings. The highest BCUT2D eigenvalue weighted by atomic mass is 32.2. The summed E-state index contributed by atoms with van der Waals surface area (Å²) in [5.41, 5.74) is -2.23. The number of nitrogens with one attached hydrogen (secondary N) is 1. The van der Waals surface area contributed by atoms with E-state index >= 15 is 0 Å². The van der Waals surface area contributed by atoms with E-state index in [-0.39, 0.29) is 6.54 Å². The average Bonchev–Trinajstić information content (AvgIpc) is 3.14. The lowest BCUT2D eigenvalue weighted by atomic mass is 9.96. The van der Waals surface area contributed by atoms with Gasteiger partial charge in [-0.25, -0.2) is 8.42 Å². The summed E-state index contributed by atoms with van der Waals surface area (Å²) in [4.78, 5) is 99.3. The summed E-state index contributed by atoms with van der Waals surface area (Å²) in [5.74, 6) is -8.74. The molecule has 2 rings (SSSR count). The number of ether oxygens (including phenoxy) is 10. The second kappa shape index (κ2) is 26.9. The van der Waals surface area contributed by atoms with E-state index in [9.17, 15) is 46.8 Å². The maximum absolute atomic E-state index is 14.0. The fourth-order valence-corrected chi connectivity index (χ4v) is 8.48. The standard InChI is InChI=1S/C40H63NO20S/c1-9-10-11-12-13-14-15-16-17-18-19-41-32(49)22-62(50,51)40-38(58-29(8)48)36(56-27(6)46)34(31(60-40)21-53-24(3)43)61-39-37(57-28(7)47)35(55-26(5)45)33(54-25(4)44)30(59-39)20-52-23(2)42/h30-31,33-40H,9-22H2,1-8H3,(H,41,49)/t30-,31-,33+,34-,35?,36+,37?,38-,39+,40+/m1/s1. The maximum Gasteiger partial charge on any atom is 0.303 e. The molecule has 21 nitrogen and oxygen atoms in total. The molecule has 0 aromatic heterocycles. The Morgan fingerprint density at radius 3 is 1.35 bits per heavy atom. The highest BCUT2D eigenvalue weighted by Gasteiger charge is 2.59. The summed E-state index contributed by atoms with van der Waals surface area (Å²) < 4.78 is 83.8. The quantitative estimate of drug-likeness (QED) is 0.0780. The highest BCUT2D eigenvalue weighted by Crippen LogP contribution is 2.36. The van der Waals surface area contributed by atoms with Gasteiger partial charge in [0, 0.05) is 55.0 Å². The van der Waals surface area contributed by atoms with Gasteiger partial charge >= 0.3 is 41.8 Å². The van der Waals surface area contributed by atoms with Gasteiger partial charge in [0.25, 0.3) is 0 Å². The number of esters is 7. The van der Waals surface area contributed by atoms with E-state index in [1.807, 2.05) is 0 Å². The lowest BCUT2D eigenvalue weighted by Gasteiger charge is -2.48. The average molecular weight is 910 g/mol. The Hall–Kier alpha value is -4.41. The Bertz CT molecular complexity index is 1640. The van der Waals surface area contributed by atoms with Crippen LogP contribution in [-0.2, 0) is 95.6 Å². The van der Waals surface area contributed by atoms with E-state index in [2.05, 4.69) is 12.2 Å².